The quantitative estimate of drug-likeness (QED) is 0.614. The van der Waals surface area contributed by atoms with Crippen LogP contribution >= 0.6 is 0 Å². The molecule has 0 bridgehead atoms. The Kier molecular flexibility index (Phi) is 5.38. The molecule has 0 aliphatic carbocycles. The van der Waals surface area contributed by atoms with Crippen LogP contribution in [0.2, 0.25) is 0 Å². The Morgan fingerprint density at radius 1 is 1.14 bits per heavy atom. The van der Waals surface area contributed by atoms with Gasteiger partial charge in [-0.15, -0.1) is 0 Å². The number of carbonyl (C=O) groups is 1. The Hall–Kier alpha value is -2.29. The van der Waals surface area contributed by atoms with Crippen LogP contribution in [-0.4, -0.2) is 18.9 Å². The molecule has 0 radical (unpaired) electrons. The van der Waals surface area contributed by atoms with Gasteiger partial charge in [0.2, 0.25) is 0 Å². The molecule has 0 heterocycles. The third-order valence-electron chi connectivity index (χ3n) is 3.18. The lowest BCUT2D eigenvalue weighted by Crippen LogP contribution is -2.07. The predicted octanol–water partition coefficient (Wildman–Crippen LogP) is 4.08. The maximum Gasteiger partial charge on any atom is 0.159 e. The summed E-state index contributed by atoms with van der Waals surface area (Å²) in [5.74, 6) is 0.995. The van der Waals surface area contributed by atoms with Crippen molar-refractivity contribution in [3.63, 3.8) is 0 Å². The van der Waals surface area contributed by atoms with Gasteiger partial charge in [-0.05, 0) is 50.1 Å². The molecule has 0 aliphatic rings. The maximum absolute atomic E-state index is 11.3. The first-order valence-corrected chi connectivity index (χ1v) is 7.19. The molecule has 2 aromatic rings. The lowest BCUT2D eigenvalue weighted by Gasteiger charge is -2.09. The van der Waals surface area contributed by atoms with Gasteiger partial charge in [-0.3, -0.25) is 4.79 Å². The summed E-state index contributed by atoms with van der Waals surface area (Å²) in [6.45, 7) is 5.11. The fourth-order valence-corrected chi connectivity index (χ4v) is 2.05. The molecule has 110 valence electrons. The second kappa shape index (κ2) is 7.48. The number of aryl methyl sites for hydroxylation is 1. The van der Waals surface area contributed by atoms with E-state index in [2.05, 4.69) is 18.3 Å². The van der Waals surface area contributed by atoms with Gasteiger partial charge in [0, 0.05) is 17.8 Å². The number of hydrogen-bond acceptors (Lipinski definition) is 3. The van der Waals surface area contributed by atoms with E-state index in [0.29, 0.717) is 6.61 Å². The normalized spacial score (nSPS) is 10.2. The largest absolute Gasteiger partial charge is 0.494 e. The van der Waals surface area contributed by atoms with Gasteiger partial charge in [-0.1, -0.05) is 24.3 Å². The van der Waals surface area contributed by atoms with E-state index in [-0.39, 0.29) is 5.78 Å². The first-order valence-electron chi connectivity index (χ1n) is 7.19. The van der Waals surface area contributed by atoms with Crippen LogP contribution in [0.4, 0.5) is 5.69 Å². The molecular formula is C18H21NO2. The van der Waals surface area contributed by atoms with Crippen molar-refractivity contribution in [3.8, 4) is 5.75 Å². The average Bonchev–Trinajstić information content (AvgIpc) is 2.47. The van der Waals surface area contributed by atoms with Gasteiger partial charge in [0.1, 0.15) is 5.75 Å². The monoisotopic (exact) mass is 283 g/mol. The second-order valence-electron chi connectivity index (χ2n) is 5.08. The number of ether oxygens (including phenoxy) is 1. The number of carbonyl (C=O) groups excluding carboxylic acids is 1. The molecular weight excluding hydrogens is 262 g/mol. The number of benzene rings is 2. The van der Waals surface area contributed by atoms with E-state index < -0.39 is 0 Å². The molecule has 2 aromatic carbocycles. The zero-order valence-corrected chi connectivity index (χ0v) is 12.6. The van der Waals surface area contributed by atoms with Gasteiger partial charge >= 0.3 is 0 Å². The minimum atomic E-state index is 0.0847. The summed E-state index contributed by atoms with van der Waals surface area (Å²) < 4.78 is 5.69. The molecule has 2 rings (SSSR count). The highest BCUT2D eigenvalue weighted by molar-refractivity contribution is 5.94. The van der Waals surface area contributed by atoms with E-state index in [1.165, 1.54) is 5.56 Å². The molecule has 0 atom stereocenters. The lowest BCUT2D eigenvalue weighted by atomic mass is 10.1. The lowest BCUT2D eigenvalue weighted by molar-refractivity contribution is 0.101. The van der Waals surface area contributed by atoms with Gasteiger partial charge in [-0.2, -0.15) is 0 Å². The molecule has 3 heteroatoms. The van der Waals surface area contributed by atoms with Gasteiger partial charge < -0.3 is 10.1 Å². The average molecular weight is 283 g/mol. The summed E-state index contributed by atoms with van der Waals surface area (Å²) >= 11 is 0. The Morgan fingerprint density at radius 2 is 1.95 bits per heavy atom. The van der Waals surface area contributed by atoms with Crippen molar-refractivity contribution in [3.05, 3.63) is 59.7 Å². The van der Waals surface area contributed by atoms with Crippen molar-refractivity contribution in [1.29, 1.82) is 0 Å². The van der Waals surface area contributed by atoms with Gasteiger partial charge in [0.25, 0.3) is 0 Å². The molecule has 0 unspecified atom stereocenters. The highest BCUT2D eigenvalue weighted by atomic mass is 16.5. The topological polar surface area (TPSA) is 38.3 Å². The van der Waals surface area contributed by atoms with E-state index >= 15 is 0 Å². The number of rotatable bonds is 7. The molecule has 0 aromatic heterocycles. The standard InChI is InChI=1S/C18H21NO2/c1-14-6-3-9-18(12-14)21-11-5-10-19-17-8-4-7-16(13-17)15(2)20/h3-4,6-9,12-13,19H,5,10-11H2,1-2H3. The minimum absolute atomic E-state index is 0.0847. The Balaban J connectivity index is 1.72. The summed E-state index contributed by atoms with van der Waals surface area (Å²) in [5.41, 5.74) is 2.90. The van der Waals surface area contributed by atoms with E-state index in [1.807, 2.05) is 42.5 Å². The van der Waals surface area contributed by atoms with E-state index in [9.17, 15) is 4.79 Å². The van der Waals surface area contributed by atoms with E-state index in [1.54, 1.807) is 6.92 Å². The Morgan fingerprint density at radius 3 is 2.71 bits per heavy atom. The fraction of sp³-hybridized carbons (Fsp3) is 0.278. The SMILES string of the molecule is CC(=O)c1cccc(NCCCOc2cccc(C)c2)c1. The molecule has 0 fully saturated rings. The molecule has 1 N–H and O–H groups in total. The van der Waals surface area contributed by atoms with Crippen LogP contribution in [0, 0.1) is 6.92 Å². The summed E-state index contributed by atoms with van der Waals surface area (Å²) in [5, 5.41) is 3.31. The van der Waals surface area contributed by atoms with E-state index in [4.69, 9.17) is 4.74 Å². The van der Waals surface area contributed by atoms with Crippen molar-refractivity contribution in [2.45, 2.75) is 20.3 Å². The van der Waals surface area contributed by atoms with Crippen LogP contribution < -0.4 is 10.1 Å². The van der Waals surface area contributed by atoms with Crippen molar-refractivity contribution >= 4 is 11.5 Å². The molecule has 0 amide bonds. The maximum atomic E-state index is 11.3. The number of anilines is 1. The highest BCUT2D eigenvalue weighted by Crippen LogP contribution is 2.13. The molecule has 0 spiro atoms. The van der Waals surface area contributed by atoms with E-state index in [0.717, 1.165) is 30.0 Å². The molecule has 0 saturated heterocycles. The van der Waals surface area contributed by atoms with Crippen LogP contribution in [0.1, 0.15) is 29.3 Å². The zero-order valence-electron chi connectivity index (χ0n) is 12.6. The molecule has 21 heavy (non-hydrogen) atoms. The smallest absolute Gasteiger partial charge is 0.159 e. The number of Topliss-reactive ketones (excluding diaryl/α,β-unsaturated/α-hetero) is 1. The summed E-state index contributed by atoms with van der Waals surface area (Å²) in [7, 11) is 0. The Labute approximate surface area is 126 Å². The van der Waals surface area contributed by atoms with Crippen molar-refractivity contribution < 1.29 is 9.53 Å². The summed E-state index contributed by atoms with van der Waals surface area (Å²) in [6, 6.07) is 15.6. The second-order valence-corrected chi connectivity index (χ2v) is 5.08. The number of nitrogens with one attached hydrogen (secondary N) is 1. The van der Waals surface area contributed by atoms with Crippen LogP contribution in [-0.2, 0) is 0 Å². The van der Waals surface area contributed by atoms with Gasteiger partial charge in [0.05, 0.1) is 6.61 Å². The third-order valence-corrected chi connectivity index (χ3v) is 3.18. The fourth-order valence-electron chi connectivity index (χ4n) is 2.05. The van der Waals surface area contributed by atoms with Gasteiger partial charge in [0.15, 0.2) is 5.78 Å². The number of hydrogen-bond donors (Lipinski definition) is 1. The van der Waals surface area contributed by atoms with Crippen LogP contribution in [0.25, 0.3) is 0 Å². The van der Waals surface area contributed by atoms with Gasteiger partial charge in [-0.25, -0.2) is 0 Å². The van der Waals surface area contributed by atoms with Crippen molar-refractivity contribution in [2.24, 2.45) is 0 Å². The number of ketones is 1. The molecule has 3 nitrogen and oxygen atoms in total. The zero-order chi connectivity index (χ0) is 15.1. The van der Waals surface area contributed by atoms with Crippen molar-refractivity contribution in [2.75, 3.05) is 18.5 Å². The first-order chi connectivity index (χ1) is 10.1. The summed E-state index contributed by atoms with van der Waals surface area (Å²) in [4.78, 5) is 11.3. The third kappa shape index (κ3) is 4.95. The van der Waals surface area contributed by atoms with Crippen LogP contribution in [0.3, 0.4) is 0 Å². The minimum Gasteiger partial charge on any atom is -0.494 e. The highest BCUT2D eigenvalue weighted by Gasteiger charge is 2.00. The van der Waals surface area contributed by atoms with Crippen molar-refractivity contribution in [1.82, 2.24) is 0 Å². The molecule has 0 aliphatic heterocycles. The summed E-state index contributed by atoms with van der Waals surface area (Å²) in [6.07, 6.45) is 0.901. The van der Waals surface area contributed by atoms with Crippen LogP contribution in [0.15, 0.2) is 48.5 Å². The first kappa shape index (κ1) is 15.1. The Bertz CT molecular complexity index is 608. The predicted molar refractivity (Wildman–Crippen MR) is 86.2 cm³/mol. The van der Waals surface area contributed by atoms with Crippen LogP contribution in [0.5, 0.6) is 5.75 Å². The molecule has 0 saturated carbocycles.